The number of nitrogens with one attached hydrogen (secondary N) is 2. The first-order valence-corrected chi connectivity index (χ1v) is 7.93. The van der Waals surface area contributed by atoms with E-state index in [0.717, 1.165) is 51.6 Å². The Morgan fingerprint density at radius 3 is 2.64 bits per heavy atom. The van der Waals surface area contributed by atoms with Crippen molar-refractivity contribution in [2.45, 2.75) is 6.42 Å². The van der Waals surface area contributed by atoms with Gasteiger partial charge < -0.3 is 20.4 Å². The summed E-state index contributed by atoms with van der Waals surface area (Å²) < 4.78 is 0. The van der Waals surface area contributed by atoms with Crippen LogP contribution < -0.4 is 15.5 Å². The standard InChI is InChI=1S/C16H23N5O/c22-15(13-19-16-17-7-4-8-18-16)21-11-9-20(10-12-21)14-5-2-1-3-6-14/h1-3,5-6H,4,7-13H2,(H2,17,18,19). The average molecular weight is 301 g/mol. The van der Waals surface area contributed by atoms with Crippen molar-refractivity contribution >= 4 is 17.6 Å². The lowest BCUT2D eigenvalue weighted by molar-refractivity contribution is -0.130. The largest absolute Gasteiger partial charge is 0.368 e. The van der Waals surface area contributed by atoms with E-state index >= 15 is 0 Å². The zero-order valence-electron chi connectivity index (χ0n) is 12.8. The zero-order chi connectivity index (χ0) is 15.2. The highest BCUT2D eigenvalue weighted by Crippen LogP contribution is 2.15. The number of amides is 1. The molecule has 2 heterocycles. The van der Waals surface area contributed by atoms with E-state index in [1.807, 2.05) is 11.0 Å². The summed E-state index contributed by atoms with van der Waals surface area (Å²) in [5, 5.41) is 6.26. The number of aliphatic imine (C=N–C) groups is 1. The molecule has 0 radical (unpaired) electrons. The number of hydrogen-bond donors (Lipinski definition) is 2. The number of piperazine rings is 1. The molecule has 6 nitrogen and oxygen atoms in total. The topological polar surface area (TPSA) is 60.0 Å². The number of hydrogen-bond acceptors (Lipinski definition) is 5. The lowest BCUT2D eigenvalue weighted by Crippen LogP contribution is -2.52. The summed E-state index contributed by atoms with van der Waals surface area (Å²) in [5.41, 5.74) is 1.23. The lowest BCUT2D eigenvalue weighted by atomic mass is 10.2. The molecule has 0 aromatic heterocycles. The van der Waals surface area contributed by atoms with Crippen LogP contribution in [0.15, 0.2) is 35.3 Å². The van der Waals surface area contributed by atoms with Crippen molar-refractivity contribution in [2.24, 2.45) is 4.99 Å². The first kappa shape index (κ1) is 14.7. The van der Waals surface area contributed by atoms with Crippen LogP contribution in [0.4, 0.5) is 5.69 Å². The van der Waals surface area contributed by atoms with Crippen molar-refractivity contribution in [1.82, 2.24) is 15.5 Å². The molecular formula is C16H23N5O. The van der Waals surface area contributed by atoms with E-state index in [9.17, 15) is 4.79 Å². The Bertz CT molecular complexity index is 523. The van der Waals surface area contributed by atoms with E-state index < -0.39 is 0 Å². The van der Waals surface area contributed by atoms with Crippen LogP contribution in [0.3, 0.4) is 0 Å². The maximum atomic E-state index is 12.2. The molecule has 118 valence electrons. The Morgan fingerprint density at radius 1 is 1.18 bits per heavy atom. The molecule has 22 heavy (non-hydrogen) atoms. The van der Waals surface area contributed by atoms with Crippen molar-refractivity contribution in [2.75, 3.05) is 50.7 Å². The molecule has 0 aliphatic carbocycles. The van der Waals surface area contributed by atoms with Crippen molar-refractivity contribution in [3.05, 3.63) is 30.3 Å². The number of anilines is 1. The third-order valence-corrected chi connectivity index (χ3v) is 4.06. The second kappa shape index (κ2) is 7.15. The molecule has 2 aliphatic heterocycles. The molecular weight excluding hydrogens is 278 g/mol. The van der Waals surface area contributed by atoms with Crippen molar-refractivity contribution < 1.29 is 4.79 Å². The predicted molar refractivity (Wildman–Crippen MR) is 88.2 cm³/mol. The van der Waals surface area contributed by atoms with Crippen LogP contribution in [0.2, 0.25) is 0 Å². The monoisotopic (exact) mass is 301 g/mol. The van der Waals surface area contributed by atoms with Crippen LogP contribution in [-0.4, -0.2) is 62.6 Å². The van der Waals surface area contributed by atoms with Gasteiger partial charge in [0.1, 0.15) is 0 Å². The summed E-state index contributed by atoms with van der Waals surface area (Å²) >= 11 is 0. The van der Waals surface area contributed by atoms with Crippen molar-refractivity contribution in [1.29, 1.82) is 0 Å². The summed E-state index contributed by atoms with van der Waals surface area (Å²) in [6.07, 6.45) is 1.06. The van der Waals surface area contributed by atoms with Gasteiger partial charge in [-0.2, -0.15) is 0 Å². The molecule has 1 saturated heterocycles. The highest BCUT2D eigenvalue weighted by molar-refractivity contribution is 5.86. The maximum absolute atomic E-state index is 12.2. The Morgan fingerprint density at radius 2 is 1.95 bits per heavy atom. The SMILES string of the molecule is O=C(CNC1=NCCCN1)N1CCN(c2ccccc2)CC1. The summed E-state index contributed by atoms with van der Waals surface area (Å²) in [6.45, 7) is 5.39. The predicted octanol–water partition coefficient (Wildman–Crippen LogP) is 0.274. The fourth-order valence-electron chi connectivity index (χ4n) is 2.78. The van der Waals surface area contributed by atoms with Crippen molar-refractivity contribution in [3.63, 3.8) is 0 Å². The average Bonchev–Trinajstić information content (AvgIpc) is 2.61. The highest BCUT2D eigenvalue weighted by Gasteiger charge is 2.21. The summed E-state index contributed by atoms with van der Waals surface area (Å²) in [4.78, 5) is 20.8. The minimum absolute atomic E-state index is 0.141. The van der Waals surface area contributed by atoms with Gasteiger partial charge in [-0.05, 0) is 18.6 Å². The van der Waals surface area contributed by atoms with E-state index in [4.69, 9.17) is 0 Å². The Balaban J connectivity index is 1.44. The van der Waals surface area contributed by atoms with Gasteiger partial charge in [-0.1, -0.05) is 18.2 Å². The Labute approximate surface area is 131 Å². The van der Waals surface area contributed by atoms with Gasteiger partial charge in [0, 0.05) is 45.0 Å². The minimum Gasteiger partial charge on any atom is -0.368 e. The fraction of sp³-hybridized carbons (Fsp3) is 0.500. The zero-order valence-corrected chi connectivity index (χ0v) is 12.8. The van der Waals surface area contributed by atoms with Crippen LogP contribution in [0, 0.1) is 0 Å². The fourth-order valence-corrected chi connectivity index (χ4v) is 2.78. The molecule has 6 heteroatoms. The molecule has 0 bridgehead atoms. The third kappa shape index (κ3) is 3.69. The molecule has 0 spiro atoms. The first-order chi connectivity index (χ1) is 10.8. The van der Waals surface area contributed by atoms with Gasteiger partial charge >= 0.3 is 0 Å². The molecule has 0 atom stereocenters. The number of nitrogens with zero attached hydrogens (tertiary/aromatic N) is 3. The number of guanidine groups is 1. The molecule has 1 aromatic rings. The van der Waals surface area contributed by atoms with Gasteiger partial charge in [0.05, 0.1) is 6.54 Å². The number of carbonyl (C=O) groups is 1. The first-order valence-electron chi connectivity index (χ1n) is 7.93. The van der Waals surface area contributed by atoms with Gasteiger partial charge in [-0.15, -0.1) is 0 Å². The van der Waals surface area contributed by atoms with Gasteiger partial charge in [0.15, 0.2) is 5.96 Å². The molecule has 0 unspecified atom stereocenters. The van der Waals surface area contributed by atoms with Crippen LogP contribution in [-0.2, 0) is 4.79 Å². The molecule has 1 amide bonds. The van der Waals surface area contributed by atoms with Gasteiger partial charge in [-0.3, -0.25) is 9.79 Å². The molecule has 2 aliphatic rings. The quantitative estimate of drug-likeness (QED) is 0.842. The number of carbonyl (C=O) groups excluding carboxylic acids is 1. The Kier molecular flexibility index (Phi) is 4.78. The molecule has 2 N–H and O–H groups in total. The Hall–Kier alpha value is -2.24. The second-order valence-corrected chi connectivity index (χ2v) is 5.57. The van der Waals surface area contributed by atoms with Crippen molar-refractivity contribution in [3.8, 4) is 0 Å². The van der Waals surface area contributed by atoms with Crippen LogP contribution in [0.25, 0.3) is 0 Å². The molecule has 3 rings (SSSR count). The van der Waals surface area contributed by atoms with Gasteiger partial charge in [-0.25, -0.2) is 0 Å². The number of para-hydroxylation sites is 1. The summed E-state index contributed by atoms with van der Waals surface area (Å²) in [6, 6.07) is 10.4. The van der Waals surface area contributed by atoms with E-state index in [0.29, 0.717) is 6.54 Å². The smallest absolute Gasteiger partial charge is 0.242 e. The summed E-state index contributed by atoms with van der Waals surface area (Å²) in [7, 11) is 0. The normalized spacial score (nSPS) is 18.5. The van der Waals surface area contributed by atoms with E-state index in [1.165, 1.54) is 5.69 Å². The highest BCUT2D eigenvalue weighted by atomic mass is 16.2. The summed E-state index contributed by atoms with van der Waals surface area (Å²) in [5.74, 6) is 0.894. The van der Waals surface area contributed by atoms with Gasteiger partial charge in [0.2, 0.25) is 5.91 Å². The number of benzene rings is 1. The van der Waals surface area contributed by atoms with E-state index in [1.54, 1.807) is 0 Å². The number of rotatable bonds is 3. The lowest BCUT2D eigenvalue weighted by Gasteiger charge is -2.36. The van der Waals surface area contributed by atoms with Crippen LogP contribution in [0.5, 0.6) is 0 Å². The van der Waals surface area contributed by atoms with Crippen LogP contribution in [0.1, 0.15) is 6.42 Å². The maximum Gasteiger partial charge on any atom is 0.242 e. The molecule has 1 aromatic carbocycles. The molecule has 0 saturated carbocycles. The third-order valence-electron chi connectivity index (χ3n) is 4.06. The van der Waals surface area contributed by atoms with Gasteiger partial charge in [0.25, 0.3) is 0 Å². The molecule has 1 fully saturated rings. The van der Waals surface area contributed by atoms with Crippen LogP contribution >= 0.6 is 0 Å². The van der Waals surface area contributed by atoms with E-state index in [-0.39, 0.29) is 5.91 Å². The van der Waals surface area contributed by atoms with E-state index in [2.05, 4.69) is 44.8 Å². The minimum atomic E-state index is 0.141. The second-order valence-electron chi connectivity index (χ2n) is 5.57.